The molecular weight excluding hydrogens is 207 g/mol. The Morgan fingerprint density at radius 1 is 1.44 bits per heavy atom. The van der Waals surface area contributed by atoms with Gasteiger partial charge in [-0.25, -0.2) is 4.39 Å². The molecule has 0 spiro atoms. The SMILES string of the molecule is CCCC(=O)Nc1cc(F)ccc1N(C)C. The van der Waals surface area contributed by atoms with E-state index in [0.29, 0.717) is 12.1 Å². The van der Waals surface area contributed by atoms with Crippen molar-refractivity contribution in [2.75, 3.05) is 24.3 Å². The summed E-state index contributed by atoms with van der Waals surface area (Å²) >= 11 is 0. The highest BCUT2D eigenvalue weighted by Crippen LogP contribution is 2.25. The first-order chi connectivity index (χ1) is 7.54. The molecule has 88 valence electrons. The van der Waals surface area contributed by atoms with Crippen LogP contribution in [0, 0.1) is 5.82 Å². The zero-order valence-electron chi connectivity index (χ0n) is 9.88. The molecule has 0 aliphatic carbocycles. The lowest BCUT2D eigenvalue weighted by Gasteiger charge is -2.17. The molecule has 0 radical (unpaired) electrons. The second kappa shape index (κ2) is 5.49. The molecule has 3 nitrogen and oxygen atoms in total. The molecule has 0 heterocycles. The molecule has 4 heteroatoms. The van der Waals surface area contributed by atoms with E-state index in [9.17, 15) is 9.18 Å². The van der Waals surface area contributed by atoms with Crippen molar-refractivity contribution >= 4 is 17.3 Å². The predicted molar refractivity (Wildman–Crippen MR) is 64.3 cm³/mol. The largest absolute Gasteiger partial charge is 0.376 e. The Hall–Kier alpha value is -1.58. The van der Waals surface area contributed by atoms with Crippen molar-refractivity contribution in [2.45, 2.75) is 19.8 Å². The molecule has 1 amide bonds. The van der Waals surface area contributed by atoms with Gasteiger partial charge >= 0.3 is 0 Å². The van der Waals surface area contributed by atoms with Crippen molar-refractivity contribution in [2.24, 2.45) is 0 Å². The summed E-state index contributed by atoms with van der Waals surface area (Å²) in [6, 6.07) is 4.37. The van der Waals surface area contributed by atoms with Gasteiger partial charge in [-0.1, -0.05) is 6.92 Å². The summed E-state index contributed by atoms with van der Waals surface area (Å²) in [4.78, 5) is 13.3. The lowest BCUT2D eigenvalue weighted by atomic mass is 10.2. The lowest BCUT2D eigenvalue weighted by Crippen LogP contribution is -2.16. The van der Waals surface area contributed by atoms with Crippen LogP contribution in [0.2, 0.25) is 0 Å². The molecule has 0 atom stereocenters. The Bertz CT molecular complexity index is 377. The van der Waals surface area contributed by atoms with Crippen molar-refractivity contribution in [1.82, 2.24) is 0 Å². The van der Waals surface area contributed by atoms with Crippen LogP contribution in [0.5, 0.6) is 0 Å². The number of amides is 1. The van der Waals surface area contributed by atoms with Crippen LogP contribution in [0.1, 0.15) is 19.8 Å². The molecule has 0 aliphatic heterocycles. The van der Waals surface area contributed by atoms with Crippen LogP contribution >= 0.6 is 0 Å². The maximum Gasteiger partial charge on any atom is 0.224 e. The van der Waals surface area contributed by atoms with Crippen LogP contribution in [0.3, 0.4) is 0 Å². The van der Waals surface area contributed by atoms with E-state index in [4.69, 9.17) is 0 Å². The van der Waals surface area contributed by atoms with Crippen LogP contribution in [0.4, 0.5) is 15.8 Å². The molecule has 1 N–H and O–H groups in total. The van der Waals surface area contributed by atoms with E-state index in [1.165, 1.54) is 12.1 Å². The number of carbonyl (C=O) groups is 1. The zero-order chi connectivity index (χ0) is 12.1. The third-order valence-electron chi connectivity index (χ3n) is 2.19. The molecule has 1 aromatic rings. The number of halogens is 1. The van der Waals surface area contributed by atoms with Gasteiger partial charge in [0.2, 0.25) is 5.91 Å². The Morgan fingerprint density at radius 2 is 2.12 bits per heavy atom. The van der Waals surface area contributed by atoms with Gasteiger partial charge in [0.15, 0.2) is 0 Å². The van der Waals surface area contributed by atoms with E-state index in [0.717, 1.165) is 12.1 Å². The third kappa shape index (κ3) is 3.22. The lowest BCUT2D eigenvalue weighted by molar-refractivity contribution is -0.116. The minimum atomic E-state index is -0.350. The summed E-state index contributed by atoms with van der Waals surface area (Å²) in [6.07, 6.45) is 1.22. The van der Waals surface area contributed by atoms with E-state index >= 15 is 0 Å². The molecule has 1 rings (SSSR count). The van der Waals surface area contributed by atoms with Crippen molar-refractivity contribution in [1.29, 1.82) is 0 Å². The van der Waals surface area contributed by atoms with Gasteiger partial charge in [0.1, 0.15) is 5.82 Å². The smallest absolute Gasteiger partial charge is 0.224 e. The minimum absolute atomic E-state index is 0.0869. The molecule has 1 aromatic carbocycles. The predicted octanol–water partition coefficient (Wildman–Crippen LogP) is 2.63. The maximum atomic E-state index is 13.1. The van der Waals surface area contributed by atoms with Gasteiger partial charge < -0.3 is 10.2 Å². The van der Waals surface area contributed by atoms with Gasteiger partial charge in [0, 0.05) is 20.5 Å². The average Bonchev–Trinajstić information content (AvgIpc) is 2.17. The molecule has 0 fully saturated rings. The summed E-state index contributed by atoms with van der Waals surface area (Å²) in [5, 5.41) is 2.71. The minimum Gasteiger partial charge on any atom is -0.376 e. The highest BCUT2D eigenvalue weighted by atomic mass is 19.1. The van der Waals surface area contributed by atoms with E-state index in [1.807, 2.05) is 25.9 Å². The third-order valence-corrected chi connectivity index (χ3v) is 2.19. The van der Waals surface area contributed by atoms with E-state index in [1.54, 1.807) is 6.07 Å². The van der Waals surface area contributed by atoms with Crippen molar-refractivity contribution in [3.05, 3.63) is 24.0 Å². The van der Waals surface area contributed by atoms with Crippen LogP contribution in [0.25, 0.3) is 0 Å². The summed E-state index contributed by atoms with van der Waals surface area (Å²) in [7, 11) is 3.70. The number of rotatable bonds is 4. The zero-order valence-corrected chi connectivity index (χ0v) is 9.88. The standard InChI is InChI=1S/C12H17FN2O/c1-4-5-12(16)14-10-8-9(13)6-7-11(10)15(2)3/h6-8H,4-5H2,1-3H3,(H,14,16). The topological polar surface area (TPSA) is 32.3 Å². The highest BCUT2D eigenvalue weighted by Gasteiger charge is 2.08. The van der Waals surface area contributed by atoms with E-state index < -0.39 is 0 Å². The number of nitrogens with one attached hydrogen (secondary N) is 1. The number of nitrogens with zero attached hydrogens (tertiary/aromatic N) is 1. The monoisotopic (exact) mass is 224 g/mol. The molecule has 0 bridgehead atoms. The number of hydrogen-bond acceptors (Lipinski definition) is 2. The van der Waals surface area contributed by atoms with E-state index in [2.05, 4.69) is 5.32 Å². The van der Waals surface area contributed by atoms with Gasteiger partial charge in [0.25, 0.3) is 0 Å². The first kappa shape index (κ1) is 12.5. The Labute approximate surface area is 95.3 Å². The Kier molecular flexibility index (Phi) is 4.28. The Morgan fingerprint density at radius 3 is 2.69 bits per heavy atom. The summed E-state index contributed by atoms with van der Waals surface area (Å²) in [5.74, 6) is -0.436. The Balaban J connectivity index is 2.92. The van der Waals surface area contributed by atoms with Gasteiger partial charge in [-0.05, 0) is 24.6 Å². The summed E-state index contributed by atoms with van der Waals surface area (Å²) < 4.78 is 13.1. The van der Waals surface area contributed by atoms with Crippen molar-refractivity contribution in [3.8, 4) is 0 Å². The molecule has 0 saturated heterocycles. The second-order valence-electron chi connectivity index (χ2n) is 3.85. The van der Waals surface area contributed by atoms with Gasteiger partial charge in [-0.2, -0.15) is 0 Å². The van der Waals surface area contributed by atoms with E-state index in [-0.39, 0.29) is 11.7 Å². The normalized spacial score (nSPS) is 10.0. The molecular formula is C12H17FN2O. The summed E-state index contributed by atoms with van der Waals surface area (Å²) in [5.41, 5.74) is 1.31. The fraction of sp³-hybridized carbons (Fsp3) is 0.417. The number of carbonyl (C=O) groups excluding carboxylic acids is 1. The van der Waals surface area contributed by atoms with Crippen LogP contribution < -0.4 is 10.2 Å². The summed E-state index contributed by atoms with van der Waals surface area (Å²) in [6.45, 7) is 1.93. The average molecular weight is 224 g/mol. The second-order valence-corrected chi connectivity index (χ2v) is 3.85. The molecule has 16 heavy (non-hydrogen) atoms. The molecule has 0 aromatic heterocycles. The maximum absolute atomic E-state index is 13.1. The van der Waals surface area contributed by atoms with Gasteiger partial charge in [0.05, 0.1) is 11.4 Å². The molecule has 0 saturated carbocycles. The quantitative estimate of drug-likeness (QED) is 0.852. The van der Waals surface area contributed by atoms with Gasteiger partial charge in [-0.15, -0.1) is 0 Å². The number of anilines is 2. The first-order valence-electron chi connectivity index (χ1n) is 5.31. The van der Waals surface area contributed by atoms with Crippen LogP contribution in [-0.4, -0.2) is 20.0 Å². The highest BCUT2D eigenvalue weighted by molar-refractivity contribution is 5.94. The number of hydrogen-bond donors (Lipinski definition) is 1. The first-order valence-corrected chi connectivity index (χ1v) is 5.31. The van der Waals surface area contributed by atoms with Gasteiger partial charge in [-0.3, -0.25) is 4.79 Å². The fourth-order valence-corrected chi connectivity index (χ4v) is 1.44. The molecule has 0 aliphatic rings. The van der Waals surface area contributed by atoms with Crippen LogP contribution in [-0.2, 0) is 4.79 Å². The fourth-order valence-electron chi connectivity index (χ4n) is 1.44. The molecule has 0 unspecified atom stereocenters. The van der Waals surface area contributed by atoms with Crippen molar-refractivity contribution < 1.29 is 9.18 Å². The van der Waals surface area contributed by atoms with Crippen LogP contribution in [0.15, 0.2) is 18.2 Å². The number of benzene rings is 1. The van der Waals surface area contributed by atoms with Crippen molar-refractivity contribution in [3.63, 3.8) is 0 Å².